The van der Waals surface area contributed by atoms with Gasteiger partial charge in [-0.05, 0) is 25.2 Å². The Morgan fingerprint density at radius 2 is 2.17 bits per heavy atom. The van der Waals surface area contributed by atoms with Gasteiger partial charge in [0.15, 0.2) is 0 Å². The third-order valence-corrected chi connectivity index (χ3v) is 2.96. The molecule has 0 heterocycles. The highest BCUT2D eigenvalue weighted by Crippen LogP contribution is 2.36. The number of carbonyl (C=O) groups is 1. The lowest BCUT2D eigenvalue weighted by Crippen LogP contribution is -2.43. The van der Waals surface area contributed by atoms with Crippen molar-refractivity contribution in [2.45, 2.75) is 45.6 Å². The summed E-state index contributed by atoms with van der Waals surface area (Å²) in [5.74, 6) is 0.850. The van der Waals surface area contributed by atoms with E-state index in [1.165, 1.54) is 0 Å². The topological polar surface area (TPSA) is 37.3 Å². The van der Waals surface area contributed by atoms with Crippen LogP contribution in [0.15, 0.2) is 0 Å². The monoisotopic (exact) mass is 170 g/mol. The lowest BCUT2D eigenvalue weighted by atomic mass is 9.71. The number of aliphatic hydroxyl groups is 1. The first kappa shape index (κ1) is 9.72. The van der Waals surface area contributed by atoms with E-state index in [-0.39, 0.29) is 5.92 Å². The Hall–Kier alpha value is -0.370. The van der Waals surface area contributed by atoms with Gasteiger partial charge in [0.1, 0.15) is 5.78 Å². The average Bonchev–Trinajstić information content (AvgIpc) is 1.94. The van der Waals surface area contributed by atoms with E-state index in [4.69, 9.17) is 0 Å². The molecule has 0 aromatic rings. The summed E-state index contributed by atoms with van der Waals surface area (Å²) >= 11 is 0. The number of Topliss-reactive ketones (excluding diaryl/α,β-unsaturated/α-hetero) is 1. The Morgan fingerprint density at radius 1 is 1.58 bits per heavy atom. The van der Waals surface area contributed by atoms with E-state index in [1.807, 2.05) is 6.92 Å². The number of rotatable bonds is 1. The van der Waals surface area contributed by atoms with Gasteiger partial charge >= 0.3 is 0 Å². The van der Waals surface area contributed by atoms with E-state index >= 15 is 0 Å². The first-order valence-electron chi connectivity index (χ1n) is 4.67. The molecule has 0 aromatic heterocycles. The van der Waals surface area contributed by atoms with Crippen LogP contribution >= 0.6 is 0 Å². The van der Waals surface area contributed by atoms with E-state index in [1.54, 1.807) is 0 Å². The molecular weight excluding hydrogens is 152 g/mol. The third kappa shape index (κ3) is 1.86. The number of ketones is 1. The summed E-state index contributed by atoms with van der Waals surface area (Å²) in [6, 6.07) is 0. The highest BCUT2D eigenvalue weighted by molar-refractivity contribution is 5.79. The molecule has 1 aliphatic rings. The Morgan fingerprint density at radius 3 is 2.58 bits per heavy atom. The van der Waals surface area contributed by atoms with Gasteiger partial charge in [0.25, 0.3) is 0 Å². The van der Waals surface area contributed by atoms with Crippen molar-refractivity contribution in [2.24, 2.45) is 11.8 Å². The Balaban J connectivity index is 2.72. The molecule has 0 spiro atoms. The number of carbonyl (C=O) groups excluding carboxylic acids is 1. The fourth-order valence-electron chi connectivity index (χ4n) is 2.10. The van der Waals surface area contributed by atoms with Crippen molar-refractivity contribution in [1.82, 2.24) is 0 Å². The van der Waals surface area contributed by atoms with Gasteiger partial charge in [-0.2, -0.15) is 0 Å². The van der Waals surface area contributed by atoms with Crippen LogP contribution in [-0.4, -0.2) is 16.5 Å². The molecular formula is C10H18O2. The summed E-state index contributed by atoms with van der Waals surface area (Å²) in [6.07, 6.45) is 1.75. The molecule has 0 radical (unpaired) electrons. The molecule has 1 saturated carbocycles. The summed E-state index contributed by atoms with van der Waals surface area (Å²) in [6.45, 7) is 5.99. The summed E-state index contributed by atoms with van der Waals surface area (Å²) in [7, 11) is 0. The summed E-state index contributed by atoms with van der Waals surface area (Å²) in [5.41, 5.74) is -0.623. The van der Waals surface area contributed by atoms with Crippen molar-refractivity contribution in [3.8, 4) is 0 Å². The van der Waals surface area contributed by atoms with Crippen molar-refractivity contribution >= 4 is 5.78 Å². The van der Waals surface area contributed by atoms with Gasteiger partial charge in [-0.15, -0.1) is 0 Å². The minimum Gasteiger partial charge on any atom is -0.390 e. The predicted octanol–water partition coefficient (Wildman–Crippen LogP) is 1.76. The van der Waals surface area contributed by atoms with E-state index in [2.05, 4.69) is 13.8 Å². The summed E-state index contributed by atoms with van der Waals surface area (Å²) < 4.78 is 0. The Labute approximate surface area is 74.0 Å². The number of hydrogen-bond donors (Lipinski definition) is 1. The van der Waals surface area contributed by atoms with Crippen molar-refractivity contribution in [3.63, 3.8) is 0 Å². The Kier molecular flexibility index (Phi) is 2.57. The summed E-state index contributed by atoms with van der Waals surface area (Å²) in [5, 5.41) is 9.97. The van der Waals surface area contributed by atoms with Crippen LogP contribution in [-0.2, 0) is 4.79 Å². The molecule has 70 valence electrons. The summed E-state index contributed by atoms with van der Waals surface area (Å²) in [4.78, 5) is 11.2. The maximum absolute atomic E-state index is 11.2. The lowest BCUT2D eigenvalue weighted by molar-refractivity contribution is -0.131. The van der Waals surface area contributed by atoms with Gasteiger partial charge in [0.05, 0.1) is 5.60 Å². The second-order valence-electron chi connectivity index (χ2n) is 4.45. The second-order valence-corrected chi connectivity index (χ2v) is 4.45. The molecule has 1 fully saturated rings. The largest absolute Gasteiger partial charge is 0.390 e. The third-order valence-electron chi connectivity index (χ3n) is 2.96. The molecule has 2 atom stereocenters. The Bertz CT molecular complexity index is 182. The minimum absolute atomic E-state index is 0.152. The van der Waals surface area contributed by atoms with Gasteiger partial charge in [-0.3, -0.25) is 4.79 Å². The van der Waals surface area contributed by atoms with Gasteiger partial charge in [0, 0.05) is 12.8 Å². The van der Waals surface area contributed by atoms with Gasteiger partial charge in [0.2, 0.25) is 0 Å². The van der Waals surface area contributed by atoms with Gasteiger partial charge in [-0.1, -0.05) is 13.8 Å². The van der Waals surface area contributed by atoms with Crippen LogP contribution in [0.4, 0.5) is 0 Å². The molecule has 0 aliphatic heterocycles. The van der Waals surface area contributed by atoms with Crippen molar-refractivity contribution in [1.29, 1.82) is 0 Å². The zero-order valence-corrected chi connectivity index (χ0v) is 8.13. The minimum atomic E-state index is -0.623. The van der Waals surface area contributed by atoms with Crippen molar-refractivity contribution < 1.29 is 9.90 Å². The van der Waals surface area contributed by atoms with Gasteiger partial charge < -0.3 is 5.11 Å². The van der Waals surface area contributed by atoms with Crippen LogP contribution in [0, 0.1) is 11.8 Å². The van der Waals surface area contributed by atoms with Crippen LogP contribution in [0.3, 0.4) is 0 Å². The zero-order chi connectivity index (χ0) is 9.35. The molecule has 2 nitrogen and oxygen atoms in total. The molecule has 0 unspecified atom stereocenters. The normalized spacial score (nSPS) is 37.4. The molecule has 1 aliphatic carbocycles. The van der Waals surface area contributed by atoms with E-state index in [0.29, 0.717) is 31.0 Å². The number of hydrogen-bond acceptors (Lipinski definition) is 2. The van der Waals surface area contributed by atoms with Crippen LogP contribution in [0.25, 0.3) is 0 Å². The van der Waals surface area contributed by atoms with E-state index in [9.17, 15) is 9.90 Å². The van der Waals surface area contributed by atoms with E-state index in [0.717, 1.165) is 0 Å². The highest BCUT2D eigenvalue weighted by atomic mass is 16.3. The van der Waals surface area contributed by atoms with E-state index < -0.39 is 5.60 Å². The van der Waals surface area contributed by atoms with Crippen LogP contribution in [0.1, 0.15) is 40.0 Å². The maximum atomic E-state index is 11.2. The predicted molar refractivity (Wildman–Crippen MR) is 47.8 cm³/mol. The molecule has 0 bridgehead atoms. The lowest BCUT2D eigenvalue weighted by Gasteiger charge is -2.38. The van der Waals surface area contributed by atoms with Crippen LogP contribution < -0.4 is 0 Å². The molecule has 0 saturated heterocycles. The van der Waals surface area contributed by atoms with Crippen molar-refractivity contribution in [2.75, 3.05) is 0 Å². The zero-order valence-electron chi connectivity index (χ0n) is 8.13. The standard InChI is InChI=1S/C10H18O2/c1-7(2)9-6-8(11)4-5-10(9,3)12/h7,9,12H,4-6H2,1-3H3/t9-,10-/m0/s1. The smallest absolute Gasteiger partial charge is 0.133 e. The van der Waals surface area contributed by atoms with Crippen LogP contribution in [0.5, 0.6) is 0 Å². The molecule has 0 amide bonds. The quantitative estimate of drug-likeness (QED) is 0.651. The second kappa shape index (κ2) is 3.17. The molecule has 1 rings (SSSR count). The molecule has 1 N–H and O–H groups in total. The SMILES string of the molecule is CC(C)[C@@H]1CC(=O)CC[C@]1(C)O. The first-order chi connectivity index (χ1) is 5.43. The van der Waals surface area contributed by atoms with Gasteiger partial charge in [-0.25, -0.2) is 0 Å². The highest BCUT2D eigenvalue weighted by Gasteiger charge is 2.39. The first-order valence-corrected chi connectivity index (χ1v) is 4.67. The fourth-order valence-corrected chi connectivity index (χ4v) is 2.10. The fraction of sp³-hybridized carbons (Fsp3) is 0.900. The van der Waals surface area contributed by atoms with Crippen LogP contribution in [0.2, 0.25) is 0 Å². The molecule has 2 heteroatoms. The molecule has 12 heavy (non-hydrogen) atoms. The van der Waals surface area contributed by atoms with Crippen molar-refractivity contribution in [3.05, 3.63) is 0 Å². The maximum Gasteiger partial charge on any atom is 0.133 e. The molecule has 0 aromatic carbocycles. The average molecular weight is 170 g/mol.